The molecule has 0 aliphatic rings. The number of aromatic carboxylic acids is 1. The Kier molecular flexibility index (Phi) is 4.24. The first kappa shape index (κ1) is 14.3. The maximum absolute atomic E-state index is 11.2. The van der Waals surface area contributed by atoms with Gasteiger partial charge in [-0.25, -0.2) is 9.78 Å². The number of benzene rings is 1. The third kappa shape index (κ3) is 3.08. The van der Waals surface area contributed by atoms with Crippen molar-refractivity contribution in [1.29, 1.82) is 0 Å². The predicted octanol–water partition coefficient (Wildman–Crippen LogP) is 3.65. The summed E-state index contributed by atoms with van der Waals surface area (Å²) in [6.07, 6.45) is 1.47. The largest absolute Gasteiger partial charge is 0.493 e. The van der Waals surface area contributed by atoms with Crippen LogP contribution in [-0.4, -0.2) is 23.2 Å². The van der Waals surface area contributed by atoms with Crippen LogP contribution >= 0.6 is 15.9 Å². The van der Waals surface area contributed by atoms with E-state index < -0.39 is 5.97 Å². The molecule has 1 aromatic carbocycles. The summed E-state index contributed by atoms with van der Waals surface area (Å²) in [5.41, 5.74) is 0.985. The molecule has 0 saturated heterocycles. The van der Waals surface area contributed by atoms with Crippen molar-refractivity contribution in [1.82, 2.24) is 4.98 Å². The van der Waals surface area contributed by atoms with Crippen LogP contribution in [0.5, 0.6) is 17.4 Å². The highest BCUT2D eigenvalue weighted by Crippen LogP contribution is 2.33. The van der Waals surface area contributed by atoms with Gasteiger partial charge in [0.25, 0.3) is 0 Å². The number of aryl methyl sites for hydroxylation is 1. The number of aromatic nitrogens is 1. The average molecular weight is 338 g/mol. The number of hydrogen-bond acceptors (Lipinski definition) is 4. The number of methoxy groups -OCH3 is 1. The molecule has 0 aliphatic heterocycles. The number of halogens is 1. The highest BCUT2D eigenvalue weighted by atomic mass is 79.9. The zero-order chi connectivity index (χ0) is 14.7. The number of carbonyl (C=O) groups is 1. The quantitative estimate of drug-likeness (QED) is 0.922. The van der Waals surface area contributed by atoms with Crippen molar-refractivity contribution in [3.8, 4) is 17.4 Å². The number of ether oxygens (including phenoxy) is 2. The van der Waals surface area contributed by atoms with E-state index in [0.717, 1.165) is 5.56 Å². The fourth-order valence-corrected chi connectivity index (χ4v) is 1.96. The maximum atomic E-state index is 11.2. The standard InChI is InChI=1S/C14H12BrNO4/c1-8-3-4-11(12(5-8)19-2)20-13-10(14(17)18)6-9(15)7-16-13/h3-7H,1-2H3,(H,17,18). The summed E-state index contributed by atoms with van der Waals surface area (Å²) >= 11 is 3.18. The molecule has 1 N–H and O–H groups in total. The van der Waals surface area contributed by atoms with E-state index in [9.17, 15) is 4.79 Å². The monoisotopic (exact) mass is 337 g/mol. The molecule has 0 radical (unpaired) electrons. The van der Waals surface area contributed by atoms with Gasteiger partial charge in [-0.2, -0.15) is 0 Å². The third-order valence-electron chi connectivity index (χ3n) is 2.57. The fourth-order valence-electron chi connectivity index (χ4n) is 1.62. The Morgan fingerprint density at radius 2 is 2.05 bits per heavy atom. The minimum absolute atomic E-state index is 0.0165. The Hall–Kier alpha value is -2.08. The van der Waals surface area contributed by atoms with Gasteiger partial charge >= 0.3 is 5.97 Å². The molecule has 0 aliphatic carbocycles. The van der Waals surface area contributed by atoms with Crippen LogP contribution in [-0.2, 0) is 0 Å². The van der Waals surface area contributed by atoms with Crippen LogP contribution in [0.3, 0.4) is 0 Å². The Bertz CT molecular complexity index is 658. The van der Waals surface area contributed by atoms with E-state index in [1.165, 1.54) is 19.4 Å². The molecule has 2 aromatic rings. The SMILES string of the molecule is COc1cc(C)ccc1Oc1ncc(Br)cc1C(=O)O. The van der Waals surface area contributed by atoms with Crippen LogP contribution in [0, 0.1) is 6.92 Å². The number of carboxylic acids is 1. The molecule has 0 unspecified atom stereocenters. The lowest BCUT2D eigenvalue weighted by Crippen LogP contribution is -2.02. The summed E-state index contributed by atoms with van der Waals surface area (Å²) in [5.74, 6) is -0.163. The smallest absolute Gasteiger partial charge is 0.341 e. The van der Waals surface area contributed by atoms with Crippen LogP contribution < -0.4 is 9.47 Å². The van der Waals surface area contributed by atoms with Gasteiger partial charge in [0, 0.05) is 10.7 Å². The summed E-state index contributed by atoms with van der Waals surface area (Å²) in [6, 6.07) is 6.79. The van der Waals surface area contributed by atoms with Gasteiger partial charge in [0.05, 0.1) is 7.11 Å². The molecule has 6 heteroatoms. The van der Waals surface area contributed by atoms with Gasteiger partial charge in [-0.1, -0.05) is 6.07 Å². The molecule has 0 fully saturated rings. The Morgan fingerprint density at radius 1 is 1.30 bits per heavy atom. The number of pyridine rings is 1. The third-order valence-corrected chi connectivity index (χ3v) is 3.01. The summed E-state index contributed by atoms with van der Waals surface area (Å²) in [7, 11) is 1.52. The molecule has 0 atom stereocenters. The predicted molar refractivity (Wildman–Crippen MR) is 76.7 cm³/mol. The van der Waals surface area contributed by atoms with E-state index in [1.807, 2.05) is 13.0 Å². The molecule has 0 bridgehead atoms. The number of carboxylic acid groups (broad SMARTS) is 1. The van der Waals surface area contributed by atoms with Gasteiger partial charge in [-0.15, -0.1) is 0 Å². The van der Waals surface area contributed by atoms with Crippen molar-refractivity contribution in [3.63, 3.8) is 0 Å². The molecule has 5 nitrogen and oxygen atoms in total. The number of nitrogens with zero attached hydrogens (tertiary/aromatic N) is 1. The number of rotatable bonds is 4. The average Bonchev–Trinajstić information content (AvgIpc) is 2.42. The van der Waals surface area contributed by atoms with E-state index >= 15 is 0 Å². The normalized spacial score (nSPS) is 10.2. The Labute approximate surface area is 124 Å². The first-order chi connectivity index (χ1) is 9.51. The molecular formula is C14H12BrNO4. The van der Waals surface area contributed by atoms with Crippen LogP contribution in [0.4, 0.5) is 0 Å². The Morgan fingerprint density at radius 3 is 2.70 bits per heavy atom. The maximum Gasteiger partial charge on any atom is 0.341 e. The second-order valence-electron chi connectivity index (χ2n) is 4.07. The summed E-state index contributed by atoms with van der Waals surface area (Å²) in [4.78, 5) is 15.2. The molecule has 1 heterocycles. The van der Waals surface area contributed by atoms with Crippen LogP contribution in [0.1, 0.15) is 15.9 Å². The second kappa shape index (κ2) is 5.92. The van der Waals surface area contributed by atoms with E-state index in [2.05, 4.69) is 20.9 Å². The van der Waals surface area contributed by atoms with E-state index in [4.69, 9.17) is 14.6 Å². The van der Waals surface area contributed by atoms with Crippen molar-refractivity contribution >= 4 is 21.9 Å². The van der Waals surface area contributed by atoms with Gasteiger partial charge in [0.2, 0.25) is 5.88 Å². The lowest BCUT2D eigenvalue weighted by atomic mass is 10.2. The molecule has 104 valence electrons. The number of hydrogen-bond donors (Lipinski definition) is 1. The first-order valence-electron chi connectivity index (χ1n) is 5.72. The lowest BCUT2D eigenvalue weighted by Gasteiger charge is -2.11. The van der Waals surface area contributed by atoms with E-state index in [1.54, 1.807) is 12.1 Å². The molecule has 1 aromatic heterocycles. The molecular weight excluding hydrogens is 326 g/mol. The van der Waals surface area contributed by atoms with Gasteiger partial charge in [0.1, 0.15) is 5.56 Å². The molecule has 0 amide bonds. The summed E-state index contributed by atoms with van der Waals surface area (Å²) in [6.45, 7) is 1.92. The summed E-state index contributed by atoms with van der Waals surface area (Å²) in [5, 5.41) is 9.17. The summed E-state index contributed by atoms with van der Waals surface area (Å²) < 4.78 is 11.3. The van der Waals surface area contributed by atoms with Gasteiger partial charge < -0.3 is 14.6 Å². The van der Waals surface area contributed by atoms with Crippen molar-refractivity contribution in [2.45, 2.75) is 6.92 Å². The zero-order valence-corrected chi connectivity index (χ0v) is 12.5. The van der Waals surface area contributed by atoms with Crippen molar-refractivity contribution < 1.29 is 19.4 Å². The highest BCUT2D eigenvalue weighted by Gasteiger charge is 2.16. The van der Waals surface area contributed by atoms with Crippen LogP contribution in [0.15, 0.2) is 34.9 Å². The van der Waals surface area contributed by atoms with Crippen molar-refractivity contribution in [2.75, 3.05) is 7.11 Å². The zero-order valence-electron chi connectivity index (χ0n) is 10.9. The second-order valence-corrected chi connectivity index (χ2v) is 4.98. The molecule has 0 saturated carbocycles. The van der Waals surface area contributed by atoms with Crippen LogP contribution in [0.2, 0.25) is 0 Å². The van der Waals surface area contributed by atoms with E-state index in [-0.39, 0.29) is 11.4 Å². The first-order valence-corrected chi connectivity index (χ1v) is 6.52. The van der Waals surface area contributed by atoms with E-state index in [0.29, 0.717) is 16.0 Å². The van der Waals surface area contributed by atoms with Crippen LogP contribution in [0.25, 0.3) is 0 Å². The topological polar surface area (TPSA) is 68.7 Å². The van der Waals surface area contributed by atoms with Crippen molar-refractivity contribution in [3.05, 3.63) is 46.1 Å². The van der Waals surface area contributed by atoms with Crippen molar-refractivity contribution in [2.24, 2.45) is 0 Å². The highest BCUT2D eigenvalue weighted by molar-refractivity contribution is 9.10. The fraction of sp³-hybridized carbons (Fsp3) is 0.143. The van der Waals surface area contributed by atoms with Gasteiger partial charge in [-0.3, -0.25) is 0 Å². The van der Waals surface area contributed by atoms with Gasteiger partial charge in [-0.05, 0) is 46.6 Å². The molecule has 0 spiro atoms. The lowest BCUT2D eigenvalue weighted by molar-refractivity contribution is 0.0693. The molecule has 2 rings (SSSR count). The Balaban J connectivity index is 2.42. The minimum atomic E-state index is -1.11. The van der Waals surface area contributed by atoms with Gasteiger partial charge in [0.15, 0.2) is 11.5 Å². The molecule has 20 heavy (non-hydrogen) atoms. The minimum Gasteiger partial charge on any atom is -0.493 e.